The van der Waals surface area contributed by atoms with Crippen molar-refractivity contribution in [1.82, 2.24) is 5.32 Å². The Morgan fingerprint density at radius 3 is 2.61 bits per heavy atom. The molecular formula is C8H14N4O6. The van der Waals surface area contributed by atoms with Crippen LogP contribution in [0.1, 0.15) is 0 Å². The lowest BCUT2D eigenvalue weighted by Gasteiger charge is -2.40. The molecule has 0 saturated carbocycles. The van der Waals surface area contributed by atoms with Gasteiger partial charge in [0.2, 0.25) is 5.91 Å². The van der Waals surface area contributed by atoms with E-state index in [-0.39, 0.29) is 0 Å². The fraction of sp³-hybridized carbons (Fsp3) is 0.875. The van der Waals surface area contributed by atoms with Gasteiger partial charge in [-0.05, 0) is 5.53 Å². The van der Waals surface area contributed by atoms with Crippen molar-refractivity contribution >= 4 is 5.91 Å². The summed E-state index contributed by atoms with van der Waals surface area (Å²) in [5.74, 6) is -0.742. The SMILES string of the molecule is [N-]=[N+]=NCC(=O)N[C@H]1[C@@H](O)[C@H](O)[C@@H](CO)O[C@@H]1O. The number of hydrogen-bond acceptors (Lipinski definition) is 7. The monoisotopic (exact) mass is 262 g/mol. The molecule has 0 aliphatic carbocycles. The van der Waals surface area contributed by atoms with Gasteiger partial charge in [0.25, 0.3) is 0 Å². The Morgan fingerprint density at radius 2 is 2.06 bits per heavy atom. The molecule has 10 nitrogen and oxygen atoms in total. The average molecular weight is 262 g/mol. The quantitative estimate of drug-likeness (QED) is 0.208. The first-order chi connectivity index (χ1) is 8.51. The molecule has 1 rings (SSSR count). The van der Waals surface area contributed by atoms with Crippen LogP contribution in [0.4, 0.5) is 0 Å². The molecule has 1 heterocycles. The number of amides is 1. The molecule has 18 heavy (non-hydrogen) atoms. The van der Waals surface area contributed by atoms with Crippen LogP contribution >= 0.6 is 0 Å². The van der Waals surface area contributed by atoms with Crippen molar-refractivity contribution in [1.29, 1.82) is 0 Å². The molecule has 10 heteroatoms. The van der Waals surface area contributed by atoms with Crippen LogP contribution in [0.5, 0.6) is 0 Å². The number of azide groups is 1. The highest BCUT2D eigenvalue weighted by molar-refractivity contribution is 5.78. The normalized spacial score (nSPS) is 35.7. The van der Waals surface area contributed by atoms with Crippen LogP contribution in [0.2, 0.25) is 0 Å². The maximum Gasteiger partial charge on any atom is 0.226 e. The van der Waals surface area contributed by atoms with E-state index in [1.165, 1.54) is 0 Å². The molecule has 0 unspecified atom stereocenters. The summed E-state index contributed by atoms with van der Waals surface area (Å²) < 4.78 is 4.81. The minimum absolute atomic E-state index is 0.508. The van der Waals surface area contributed by atoms with Crippen LogP contribution in [-0.4, -0.2) is 70.1 Å². The second kappa shape index (κ2) is 6.50. The molecule has 1 aliphatic rings. The largest absolute Gasteiger partial charge is 0.394 e. The van der Waals surface area contributed by atoms with E-state index in [0.717, 1.165) is 0 Å². The number of aliphatic hydroxyl groups is 4. The number of nitrogens with zero attached hydrogens (tertiary/aromatic N) is 3. The van der Waals surface area contributed by atoms with Crippen molar-refractivity contribution in [3.8, 4) is 0 Å². The van der Waals surface area contributed by atoms with Crippen molar-refractivity contribution in [2.75, 3.05) is 13.2 Å². The highest BCUT2D eigenvalue weighted by atomic mass is 16.6. The van der Waals surface area contributed by atoms with Crippen molar-refractivity contribution in [2.24, 2.45) is 5.11 Å². The third-order valence-electron chi connectivity index (χ3n) is 2.51. The Morgan fingerprint density at radius 1 is 1.39 bits per heavy atom. The summed E-state index contributed by atoms with van der Waals surface area (Å²) in [6, 6.07) is -1.27. The molecule has 0 aromatic heterocycles. The molecule has 102 valence electrons. The number of carbonyl (C=O) groups excluding carboxylic acids is 1. The van der Waals surface area contributed by atoms with E-state index in [9.17, 15) is 20.1 Å². The van der Waals surface area contributed by atoms with Gasteiger partial charge in [0.15, 0.2) is 6.29 Å². The predicted molar refractivity (Wildman–Crippen MR) is 55.9 cm³/mol. The van der Waals surface area contributed by atoms with E-state index in [1.54, 1.807) is 0 Å². The Labute approximate surface area is 101 Å². The Balaban J connectivity index is 2.64. The minimum Gasteiger partial charge on any atom is -0.394 e. The third-order valence-corrected chi connectivity index (χ3v) is 2.51. The van der Waals surface area contributed by atoms with Gasteiger partial charge < -0.3 is 30.5 Å². The summed E-state index contributed by atoms with van der Waals surface area (Å²) in [4.78, 5) is 13.6. The summed E-state index contributed by atoms with van der Waals surface area (Å²) in [6.07, 6.45) is -5.69. The maximum atomic E-state index is 11.2. The zero-order chi connectivity index (χ0) is 13.7. The molecule has 0 radical (unpaired) electrons. The van der Waals surface area contributed by atoms with Crippen molar-refractivity contribution in [2.45, 2.75) is 30.6 Å². The topological polar surface area (TPSA) is 168 Å². The molecule has 1 aliphatic heterocycles. The van der Waals surface area contributed by atoms with Gasteiger partial charge in [0.05, 0.1) is 6.61 Å². The Bertz CT molecular complexity index is 346. The molecule has 0 aromatic rings. The third kappa shape index (κ3) is 3.29. The molecular weight excluding hydrogens is 248 g/mol. The lowest BCUT2D eigenvalue weighted by Crippen LogP contribution is -2.64. The average Bonchev–Trinajstić information content (AvgIpc) is 2.36. The van der Waals surface area contributed by atoms with Crippen LogP contribution in [0.15, 0.2) is 5.11 Å². The summed E-state index contributed by atoms with van der Waals surface area (Å²) in [5, 5.41) is 42.7. The molecule has 0 bridgehead atoms. The number of nitrogens with one attached hydrogen (secondary N) is 1. The van der Waals surface area contributed by atoms with Crippen molar-refractivity contribution in [3.05, 3.63) is 10.4 Å². The van der Waals surface area contributed by atoms with E-state index in [1.807, 2.05) is 0 Å². The Hall–Kier alpha value is -1.42. The van der Waals surface area contributed by atoms with Crippen LogP contribution in [0, 0.1) is 0 Å². The van der Waals surface area contributed by atoms with Gasteiger partial charge in [0.1, 0.15) is 30.9 Å². The number of rotatable bonds is 4. The second-order valence-electron chi connectivity index (χ2n) is 3.71. The molecule has 1 saturated heterocycles. The fourth-order valence-corrected chi connectivity index (χ4v) is 1.58. The molecule has 1 fully saturated rings. The van der Waals surface area contributed by atoms with E-state index >= 15 is 0 Å². The summed E-state index contributed by atoms with van der Waals surface area (Å²) in [5.41, 5.74) is 8.02. The zero-order valence-corrected chi connectivity index (χ0v) is 9.25. The molecule has 1 amide bonds. The van der Waals surface area contributed by atoms with Gasteiger partial charge in [-0.3, -0.25) is 4.79 Å². The summed E-state index contributed by atoms with van der Waals surface area (Å²) in [6.45, 7) is -1.10. The van der Waals surface area contributed by atoms with Gasteiger partial charge >= 0.3 is 0 Å². The smallest absolute Gasteiger partial charge is 0.226 e. The van der Waals surface area contributed by atoms with Gasteiger partial charge in [0, 0.05) is 4.91 Å². The number of aliphatic hydroxyl groups excluding tert-OH is 4. The lowest BCUT2D eigenvalue weighted by molar-refractivity contribution is -0.253. The van der Waals surface area contributed by atoms with Crippen LogP contribution in [0.3, 0.4) is 0 Å². The van der Waals surface area contributed by atoms with E-state index in [4.69, 9.17) is 15.4 Å². The molecule has 0 spiro atoms. The molecule has 5 N–H and O–H groups in total. The first kappa shape index (κ1) is 14.6. The maximum absolute atomic E-state index is 11.2. The highest BCUT2D eigenvalue weighted by Gasteiger charge is 2.44. The van der Waals surface area contributed by atoms with Gasteiger partial charge in [-0.2, -0.15) is 0 Å². The van der Waals surface area contributed by atoms with Crippen molar-refractivity contribution < 1.29 is 30.0 Å². The van der Waals surface area contributed by atoms with E-state index in [0.29, 0.717) is 0 Å². The van der Waals surface area contributed by atoms with Crippen LogP contribution in [0.25, 0.3) is 10.4 Å². The van der Waals surface area contributed by atoms with E-state index < -0.39 is 49.7 Å². The minimum atomic E-state index is -1.59. The number of hydrogen-bond donors (Lipinski definition) is 5. The molecule has 5 atom stereocenters. The first-order valence-corrected chi connectivity index (χ1v) is 5.12. The number of ether oxygens (including phenoxy) is 1. The first-order valence-electron chi connectivity index (χ1n) is 5.12. The van der Waals surface area contributed by atoms with Crippen molar-refractivity contribution in [3.63, 3.8) is 0 Å². The second-order valence-corrected chi connectivity index (χ2v) is 3.71. The molecule has 0 aromatic carbocycles. The Kier molecular flexibility index (Phi) is 5.28. The highest BCUT2D eigenvalue weighted by Crippen LogP contribution is 2.19. The van der Waals surface area contributed by atoms with Gasteiger partial charge in [-0.25, -0.2) is 0 Å². The fourth-order valence-electron chi connectivity index (χ4n) is 1.58. The predicted octanol–water partition coefficient (Wildman–Crippen LogP) is -2.79. The summed E-state index contributed by atoms with van der Waals surface area (Å²) in [7, 11) is 0. The number of carbonyl (C=O) groups is 1. The van der Waals surface area contributed by atoms with E-state index in [2.05, 4.69) is 15.3 Å². The lowest BCUT2D eigenvalue weighted by atomic mass is 9.97. The van der Waals surface area contributed by atoms with Crippen LogP contribution in [-0.2, 0) is 9.53 Å². The van der Waals surface area contributed by atoms with Gasteiger partial charge in [-0.15, -0.1) is 0 Å². The standard InChI is InChI=1S/C8H14N4O6/c9-12-10-1-4(14)11-5-7(16)6(15)3(2-13)18-8(5)17/h3,5-8,13,15-17H,1-2H2,(H,11,14)/t3-,5+,6-,7-,8+/m1/s1. The van der Waals surface area contributed by atoms with Crippen LogP contribution < -0.4 is 5.32 Å². The summed E-state index contributed by atoms with van der Waals surface area (Å²) >= 11 is 0. The van der Waals surface area contributed by atoms with Gasteiger partial charge in [-0.1, -0.05) is 5.11 Å². The zero-order valence-electron chi connectivity index (χ0n) is 9.25.